The lowest BCUT2D eigenvalue weighted by Crippen LogP contribution is -2.47. The fraction of sp³-hybridized carbons (Fsp3) is 0.320. The second kappa shape index (κ2) is 8.98. The first-order chi connectivity index (χ1) is 16.4. The standard InChI is InChI=1S/C25H26F2N6O/c1-16-4-3-5-17(2)25(16)33-22(34)14-20-24(30-33)23(29-28-20)18-6-8-19(9-7-18)32-12-10-31(11-13-32)15-21(26)27/h3-9,14,21,28H,10-13,15H2,1-2H3. The van der Waals surface area contributed by atoms with Crippen molar-refractivity contribution in [1.82, 2.24) is 24.9 Å². The molecule has 0 aliphatic carbocycles. The number of hydrogen-bond acceptors (Lipinski definition) is 5. The van der Waals surface area contributed by atoms with Crippen molar-refractivity contribution in [3.05, 3.63) is 70.0 Å². The van der Waals surface area contributed by atoms with Crippen molar-refractivity contribution in [2.75, 3.05) is 37.6 Å². The number of nitrogens with one attached hydrogen (secondary N) is 1. The van der Waals surface area contributed by atoms with E-state index in [1.165, 1.54) is 10.7 Å². The van der Waals surface area contributed by atoms with E-state index in [2.05, 4.69) is 20.2 Å². The van der Waals surface area contributed by atoms with Gasteiger partial charge in [0.25, 0.3) is 12.0 Å². The predicted molar refractivity (Wildman–Crippen MR) is 129 cm³/mol. The average molecular weight is 465 g/mol. The fourth-order valence-electron chi connectivity index (χ4n) is 4.60. The molecule has 34 heavy (non-hydrogen) atoms. The summed E-state index contributed by atoms with van der Waals surface area (Å²) in [6.45, 7) is 6.42. The molecule has 1 aliphatic rings. The summed E-state index contributed by atoms with van der Waals surface area (Å²) in [4.78, 5) is 16.8. The van der Waals surface area contributed by atoms with Crippen LogP contribution >= 0.6 is 0 Å². The molecule has 1 fully saturated rings. The Hall–Kier alpha value is -3.59. The van der Waals surface area contributed by atoms with Gasteiger partial charge < -0.3 is 4.90 Å². The molecule has 1 aliphatic heterocycles. The van der Waals surface area contributed by atoms with Crippen molar-refractivity contribution < 1.29 is 8.78 Å². The normalized spacial score (nSPS) is 14.9. The molecular formula is C25H26F2N6O. The average Bonchev–Trinajstić information content (AvgIpc) is 3.22. The third-order valence-electron chi connectivity index (χ3n) is 6.37. The summed E-state index contributed by atoms with van der Waals surface area (Å²) in [7, 11) is 0. The van der Waals surface area contributed by atoms with Crippen molar-refractivity contribution in [1.29, 1.82) is 0 Å². The molecular weight excluding hydrogens is 438 g/mol. The quantitative estimate of drug-likeness (QED) is 0.487. The molecule has 0 amide bonds. The molecule has 0 atom stereocenters. The minimum absolute atomic E-state index is 0.168. The molecule has 0 unspecified atom stereocenters. The number of aromatic amines is 1. The van der Waals surface area contributed by atoms with Gasteiger partial charge >= 0.3 is 0 Å². The topological polar surface area (TPSA) is 70.1 Å². The van der Waals surface area contributed by atoms with E-state index in [4.69, 9.17) is 0 Å². The molecule has 0 radical (unpaired) electrons. The number of halogens is 2. The van der Waals surface area contributed by atoms with Gasteiger partial charge in [0.05, 0.1) is 17.7 Å². The van der Waals surface area contributed by atoms with Gasteiger partial charge in [-0.25, -0.2) is 8.78 Å². The van der Waals surface area contributed by atoms with E-state index in [0.717, 1.165) is 28.1 Å². The lowest BCUT2D eigenvalue weighted by atomic mass is 10.1. The number of alkyl halides is 2. The van der Waals surface area contributed by atoms with Crippen LogP contribution in [0.15, 0.2) is 53.3 Å². The number of hydrogen-bond donors (Lipinski definition) is 1. The van der Waals surface area contributed by atoms with Crippen molar-refractivity contribution in [3.8, 4) is 16.9 Å². The summed E-state index contributed by atoms with van der Waals surface area (Å²) in [6, 6.07) is 15.4. The highest BCUT2D eigenvalue weighted by atomic mass is 19.3. The molecule has 2 aromatic carbocycles. The van der Waals surface area contributed by atoms with Crippen LogP contribution in [0.4, 0.5) is 14.5 Å². The smallest absolute Gasteiger partial charge is 0.273 e. The number of anilines is 1. The summed E-state index contributed by atoms with van der Waals surface area (Å²) in [5.41, 5.74) is 6.30. The number of H-pyrrole nitrogens is 1. The molecule has 7 nitrogen and oxygen atoms in total. The SMILES string of the molecule is Cc1cccc(C)c1-n1nc2c(-c3ccc(N4CCN(CC(F)F)CC4)cc3)n[nH]c2cc1=O. The molecule has 5 rings (SSSR count). The number of aryl methyl sites for hydroxylation is 2. The first-order valence-electron chi connectivity index (χ1n) is 11.3. The number of para-hydroxylation sites is 1. The van der Waals surface area contributed by atoms with Crippen molar-refractivity contribution in [2.24, 2.45) is 0 Å². The van der Waals surface area contributed by atoms with Crippen LogP contribution in [0.25, 0.3) is 28.0 Å². The first-order valence-corrected chi connectivity index (χ1v) is 11.3. The highest BCUT2D eigenvalue weighted by Gasteiger charge is 2.20. The predicted octanol–water partition coefficient (Wildman–Crippen LogP) is 3.78. The largest absolute Gasteiger partial charge is 0.369 e. The Morgan fingerprint density at radius 1 is 1.00 bits per heavy atom. The fourth-order valence-corrected chi connectivity index (χ4v) is 4.60. The maximum atomic E-state index is 12.8. The second-order valence-electron chi connectivity index (χ2n) is 8.69. The van der Waals surface area contributed by atoms with Gasteiger partial charge in [-0.15, -0.1) is 0 Å². The minimum atomic E-state index is -2.30. The van der Waals surface area contributed by atoms with E-state index < -0.39 is 6.43 Å². The Morgan fingerprint density at radius 3 is 2.32 bits per heavy atom. The number of piperazine rings is 1. The first kappa shape index (κ1) is 22.2. The van der Waals surface area contributed by atoms with Crippen LogP contribution in [-0.2, 0) is 0 Å². The lowest BCUT2D eigenvalue weighted by Gasteiger charge is -2.35. The monoisotopic (exact) mass is 464 g/mol. The summed E-state index contributed by atoms with van der Waals surface area (Å²) in [5, 5.41) is 12.0. The van der Waals surface area contributed by atoms with Gasteiger partial charge in [0, 0.05) is 43.5 Å². The van der Waals surface area contributed by atoms with Crippen molar-refractivity contribution in [3.63, 3.8) is 0 Å². The molecule has 4 aromatic rings. The maximum Gasteiger partial charge on any atom is 0.273 e. The number of benzene rings is 2. The molecule has 2 aromatic heterocycles. The van der Waals surface area contributed by atoms with Crippen LogP contribution in [0.2, 0.25) is 0 Å². The summed E-state index contributed by atoms with van der Waals surface area (Å²) in [6.07, 6.45) is -2.30. The van der Waals surface area contributed by atoms with Crippen LogP contribution in [-0.4, -0.2) is 64.0 Å². The Labute approximate surface area is 195 Å². The molecule has 1 saturated heterocycles. The number of nitrogens with zero attached hydrogens (tertiary/aromatic N) is 5. The van der Waals surface area contributed by atoms with Gasteiger partial charge in [-0.2, -0.15) is 14.9 Å². The molecule has 0 saturated carbocycles. The van der Waals surface area contributed by atoms with Gasteiger partial charge in [-0.1, -0.05) is 30.3 Å². The van der Waals surface area contributed by atoms with Crippen molar-refractivity contribution in [2.45, 2.75) is 20.3 Å². The zero-order valence-electron chi connectivity index (χ0n) is 19.1. The lowest BCUT2D eigenvalue weighted by molar-refractivity contribution is 0.0854. The van der Waals surface area contributed by atoms with Crippen molar-refractivity contribution >= 4 is 16.7 Å². The van der Waals surface area contributed by atoms with Crippen LogP contribution in [0, 0.1) is 13.8 Å². The second-order valence-corrected chi connectivity index (χ2v) is 8.69. The van der Waals surface area contributed by atoms with Gasteiger partial charge in [0.15, 0.2) is 0 Å². The van der Waals surface area contributed by atoms with Gasteiger partial charge in [0.1, 0.15) is 11.2 Å². The Kier molecular flexibility index (Phi) is 5.87. The Morgan fingerprint density at radius 2 is 1.68 bits per heavy atom. The van der Waals surface area contributed by atoms with E-state index in [1.807, 2.05) is 56.3 Å². The van der Waals surface area contributed by atoms with E-state index >= 15 is 0 Å². The van der Waals surface area contributed by atoms with E-state index in [-0.39, 0.29) is 12.1 Å². The number of aromatic nitrogens is 4. The van der Waals surface area contributed by atoms with Crippen LogP contribution in [0.3, 0.4) is 0 Å². The van der Waals surface area contributed by atoms with E-state index in [1.54, 1.807) is 4.90 Å². The van der Waals surface area contributed by atoms with Gasteiger partial charge in [-0.05, 0) is 37.1 Å². The number of fused-ring (bicyclic) bond motifs is 1. The zero-order chi connectivity index (χ0) is 23.8. The molecule has 1 N–H and O–H groups in total. The summed E-state index contributed by atoms with van der Waals surface area (Å²) < 4.78 is 26.7. The van der Waals surface area contributed by atoms with E-state index in [9.17, 15) is 13.6 Å². The zero-order valence-corrected chi connectivity index (χ0v) is 19.1. The van der Waals surface area contributed by atoms with Crippen LogP contribution in [0.5, 0.6) is 0 Å². The molecule has 3 heterocycles. The molecule has 0 bridgehead atoms. The Bertz CT molecular complexity index is 1350. The molecule has 0 spiro atoms. The molecule has 176 valence electrons. The highest BCUT2D eigenvalue weighted by molar-refractivity contribution is 5.89. The van der Waals surface area contributed by atoms with Crippen LogP contribution in [0.1, 0.15) is 11.1 Å². The molecule has 9 heteroatoms. The van der Waals surface area contributed by atoms with Gasteiger partial charge in [0.2, 0.25) is 0 Å². The van der Waals surface area contributed by atoms with Crippen LogP contribution < -0.4 is 10.5 Å². The third kappa shape index (κ3) is 4.19. The Balaban J connectivity index is 1.43. The minimum Gasteiger partial charge on any atom is -0.369 e. The summed E-state index contributed by atoms with van der Waals surface area (Å²) in [5.74, 6) is 0. The summed E-state index contributed by atoms with van der Waals surface area (Å²) >= 11 is 0. The highest BCUT2D eigenvalue weighted by Crippen LogP contribution is 2.27. The maximum absolute atomic E-state index is 12.8. The number of rotatable bonds is 5. The van der Waals surface area contributed by atoms with Gasteiger partial charge in [-0.3, -0.25) is 14.8 Å². The van der Waals surface area contributed by atoms with E-state index in [0.29, 0.717) is 42.9 Å². The third-order valence-corrected chi connectivity index (χ3v) is 6.37.